The number of unbranched alkanes of at least 4 members (excludes halogenated alkanes) is 1. The Morgan fingerprint density at radius 1 is 1.12 bits per heavy atom. The van der Waals surface area contributed by atoms with Crippen LogP contribution >= 0.6 is 0 Å². The molecule has 0 aromatic heterocycles. The molecule has 1 nitrogen and oxygen atoms in total. The van der Waals surface area contributed by atoms with Gasteiger partial charge >= 0.3 is 0 Å². The molecule has 0 aliphatic heterocycles. The minimum Gasteiger partial charge on any atom is -0.505 e. The van der Waals surface area contributed by atoms with Crippen molar-refractivity contribution in [3.63, 3.8) is 0 Å². The number of hydrogen-bond donors (Lipinski definition) is 0. The Bertz CT molecular complexity index is 254. The van der Waals surface area contributed by atoms with Gasteiger partial charge in [0.15, 0.2) is 0 Å². The van der Waals surface area contributed by atoms with Crippen molar-refractivity contribution in [3.8, 4) is 12.0 Å². The van der Waals surface area contributed by atoms with E-state index < -0.39 is 9.04 Å². The summed E-state index contributed by atoms with van der Waals surface area (Å²) in [5, 5.41) is 0. The second-order valence-corrected chi connectivity index (χ2v) is 8.41. The average Bonchev–Trinajstić information content (AvgIpc) is 2.12. The van der Waals surface area contributed by atoms with Crippen LogP contribution in [0.25, 0.3) is 0 Å². The van der Waals surface area contributed by atoms with E-state index in [0.29, 0.717) is 0 Å². The zero-order chi connectivity index (χ0) is 12.8. The molecule has 0 spiro atoms. The predicted molar refractivity (Wildman–Crippen MR) is 74.8 cm³/mol. The van der Waals surface area contributed by atoms with Gasteiger partial charge < -0.3 is 4.43 Å². The lowest BCUT2D eigenvalue weighted by Gasteiger charge is -2.37. The second-order valence-electron chi connectivity index (χ2n) is 6.08. The van der Waals surface area contributed by atoms with E-state index in [9.17, 15) is 0 Å². The smallest absolute Gasteiger partial charge is 0.244 e. The molecule has 0 amide bonds. The normalized spacial score (nSPS) is 15.2. The average molecular weight is 240 g/mol. The molecular formula is C14H28OSi. The highest BCUT2D eigenvalue weighted by Gasteiger charge is 2.35. The third-order valence-electron chi connectivity index (χ3n) is 3.31. The highest BCUT2D eigenvalue weighted by molar-refractivity contribution is 6.48. The topological polar surface area (TPSA) is 9.23 Å². The molecule has 0 aliphatic rings. The van der Waals surface area contributed by atoms with Crippen molar-refractivity contribution in [2.24, 2.45) is 10.8 Å². The summed E-state index contributed by atoms with van der Waals surface area (Å²) in [6.45, 7) is 15.6. The molecule has 0 heterocycles. The molecule has 2 heteroatoms. The van der Waals surface area contributed by atoms with Gasteiger partial charge in [0, 0.05) is 5.41 Å². The lowest BCUT2D eigenvalue weighted by Crippen LogP contribution is -2.31. The van der Waals surface area contributed by atoms with Crippen molar-refractivity contribution in [1.82, 2.24) is 0 Å². The summed E-state index contributed by atoms with van der Waals surface area (Å²) in [6, 6.07) is 0. The standard InChI is InChI=1S/C14H28OSi/c1-8-9-10-14(5,13(2,3)4)11-12-15-16(6)7/h16H,8-10H2,1-7H3. The third-order valence-corrected chi connectivity index (χ3v) is 3.90. The van der Waals surface area contributed by atoms with Gasteiger partial charge in [-0.25, -0.2) is 0 Å². The molecule has 1 unspecified atom stereocenters. The Morgan fingerprint density at radius 2 is 1.69 bits per heavy atom. The van der Waals surface area contributed by atoms with Gasteiger partial charge in [0.2, 0.25) is 9.04 Å². The minimum absolute atomic E-state index is 0.0618. The maximum absolute atomic E-state index is 5.49. The maximum atomic E-state index is 5.49. The van der Waals surface area contributed by atoms with Gasteiger partial charge in [-0.15, -0.1) is 0 Å². The van der Waals surface area contributed by atoms with Crippen LogP contribution in [0.3, 0.4) is 0 Å². The van der Waals surface area contributed by atoms with E-state index in [1.807, 2.05) is 0 Å². The Kier molecular flexibility index (Phi) is 6.18. The van der Waals surface area contributed by atoms with E-state index in [4.69, 9.17) is 4.43 Å². The van der Waals surface area contributed by atoms with Gasteiger partial charge in [-0.2, -0.15) is 0 Å². The Balaban J connectivity index is 4.71. The van der Waals surface area contributed by atoms with Crippen LogP contribution in [-0.2, 0) is 4.43 Å². The largest absolute Gasteiger partial charge is 0.505 e. The van der Waals surface area contributed by atoms with Gasteiger partial charge in [0.1, 0.15) is 0 Å². The molecule has 0 aliphatic carbocycles. The summed E-state index contributed by atoms with van der Waals surface area (Å²) >= 11 is 0. The summed E-state index contributed by atoms with van der Waals surface area (Å²) in [5.74, 6) is 3.36. The lowest BCUT2D eigenvalue weighted by molar-refractivity contribution is 0.162. The van der Waals surface area contributed by atoms with Crippen molar-refractivity contribution < 1.29 is 4.43 Å². The van der Waals surface area contributed by atoms with Crippen LogP contribution in [0.5, 0.6) is 0 Å². The first-order chi connectivity index (χ1) is 7.23. The van der Waals surface area contributed by atoms with E-state index in [0.717, 1.165) is 6.42 Å². The second kappa shape index (κ2) is 6.35. The summed E-state index contributed by atoms with van der Waals surface area (Å²) in [6.07, 6.45) is 6.58. The van der Waals surface area contributed by atoms with Crippen LogP contribution in [0.1, 0.15) is 53.9 Å². The zero-order valence-corrected chi connectivity index (χ0v) is 13.3. The maximum Gasteiger partial charge on any atom is 0.244 e. The monoisotopic (exact) mass is 240 g/mol. The summed E-state index contributed by atoms with van der Waals surface area (Å²) in [4.78, 5) is 0. The van der Waals surface area contributed by atoms with E-state index in [1.165, 1.54) is 12.8 Å². The lowest BCUT2D eigenvalue weighted by atomic mass is 9.66. The van der Waals surface area contributed by atoms with Crippen molar-refractivity contribution in [2.75, 3.05) is 0 Å². The van der Waals surface area contributed by atoms with E-state index in [1.54, 1.807) is 0 Å². The molecule has 94 valence electrons. The summed E-state index contributed by atoms with van der Waals surface area (Å²) < 4.78 is 5.49. The van der Waals surface area contributed by atoms with Gasteiger partial charge in [0.05, 0.1) is 6.11 Å². The van der Waals surface area contributed by atoms with Gasteiger partial charge in [-0.3, -0.25) is 0 Å². The Hall–Kier alpha value is -0.423. The molecule has 0 fully saturated rings. The van der Waals surface area contributed by atoms with Crippen LogP contribution in [0.2, 0.25) is 13.1 Å². The molecule has 1 atom stereocenters. The first-order valence-electron chi connectivity index (χ1n) is 6.41. The fourth-order valence-electron chi connectivity index (χ4n) is 1.42. The first kappa shape index (κ1) is 15.6. The Labute approximate surface area is 104 Å². The van der Waals surface area contributed by atoms with Crippen molar-refractivity contribution in [3.05, 3.63) is 0 Å². The van der Waals surface area contributed by atoms with Gasteiger partial charge in [0.25, 0.3) is 0 Å². The van der Waals surface area contributed by atoms with Gasteiger partial charge in [-0.1, -0.05) is 46.5 Å². The van der Waals surface area contributed by atoms with Crippen molar-refractivity contribution >= 4 is 9.04 Å². The SMILES string of the molecule is CCCCC(C)(C#CO[SiH](C)C)C(C)(C)C. The highest BCUT2D eigenvalue weighted by atomic mass is 28.3. The summed E-state index contributed by atoms with van der Waals surface area (Å²) in [7, 11) is -1.01. The number of hydrogen-bond acceptors (Lipinski definition) is 1. The quantitative estimate of drug-likeness (QED) is 0.529. The first-order valence-corrected chi connectivity index (χ1v) is 9.19. The number of rotatable bonds is 4. The molecule has 0 saturated heterocycles. The molecule has 0 bridgehead atoms. The van der Waals surface area contributed by atoms with Crippen LogP contribution in [0.4, 0.5) is 0 Å². The van der Waals surface area contributed by atoms with Crippen LogP contribution < -0.4 is 0 Å². The molecule has 0 aromatic rings. The predicted octanol–water partition coefficient (Wildman–Crippen LogP) is 4.19. The zero-order valence-electron chi connectivity index (χ0n) is 12.1. The molecular weight excluding hydrogens is 212 g/mol. The fraction of sp³-hybridized carbons (Fsp3) is 0.857. The van der Waals surface area contributed by atoms with E-state index in [-0.39, 0.29) is 10.8 Å². The minimum atomic E-state index is -1.01. The molecule has 0 radical (unpaired) electrons. The van der Waals surface area contributed by atoms with Crippen LogP contribution in [-0.4, -0.2) is 9.04 Å². The molecule has 16 heavy (non-hydrogen) atoms. The van der Waals surface area contributed by atoms with Crippen LogP contribution in [0, 0.1) is 22.9 Å². The van der Waals surface area contributed by atoms with E-state index >= 15 is 0 Å². The van der Waals surface area contributed by atoms with Crippen molar-refractivity contribution in [2.45, 2.75) is 67.0 Å². The molecule has 0 saturated carbocycles. The highest BCUT2D eigenvalue weighted by Crippen LogP contribution is 2.41. The van der Waals surface area contributed by atoms with Crippen molar-refractivity contribution in [1.29, 1.82) is 0 Å². The molecule has 0 N–H and O–H groups in total. The van der Waals surface area contributed by atoms with E-state index in [2.05, 4.69) is 59.7 Å². The molecule has 0 aromatic carbocycles. The fourth-order valence-corrected chi connectivity index (χ4v) is 1.71. The summed E-state index contributed by atoms with van der Waals surface area (Å²) in [5.41, 5.74) is 0.267. The van der Waals surface area contributed by atoms with Crippen LogP contribution in [0.15, 0.2) is 0 Å². The Morgan fingerprint density at radius 3 is 2.06 bits per heavy atom. The van der Waals surface area contributed by atoms with Gasteiger partial charge in [-0.05, 0) is 31.9 Å². The third kappa shape index (κ3) is 5.07. The molecule has 0 rings (SSSR count).